The summed E-state index contributed by atoms with van der Waals surface area (Å²) in [6.07, 6.45) is -2.17. The lowest BCUT2D eigenvalue weighted by Crippen LogP contribution is -2.27. The highest BCUT2D eigenvalue weighted by molar-refractivity contribution is 9.10. The molecule has 0 amide bonds. The van der Waals surface area contributed by atoms with E-state index in [0.29, 0.717) is 16.6 Å². The van der Waals surface area contributed by atoms with E-state index in [1.165, 1.54) is 12.1 Å². The number of rotatable bonds is 5. The van der Waals surface area contributed by atoms with Crippen LogP contribution in [0.2, 0.25) is 0 Å². The van der Waals surface area contributed by atoms with Gasteiger partial charge < -0.3 is 25.8 Å². The fraction of sp³-hybridized carbons (Fsp3) is 0.455. The van der Waals surface area contributed by atoms with Gasteiger partial charge in [-0.15, -0.1) is 0 Å². The van der Waals surface area contributed by atoms with Crippen molar-refractivity contribution in [3.8, 4) is 11.5 Å². The molecule has 0 radical (unpaired) electrons. The van der Waals surface area contributed by atoms with Crippen molar-refractivity contribution >= 4 is 15.9 Å². The summed E-state index contributed by atoms with van der Waals surface area (Å²) in [5.74, 6) is 0.213. The van der Waals surface area contributed by atoms with E-state index in [4.69, 9.17) is 10.5 Å². The Hall–Kier alpha value is -0.820. The second-order valence-corrected chi connectivity index (χ2v) is 4.38. The van der Waals surface area contributed by atoms with E-state index in [0.717, 1.165) is 0 Å². The highest BCUT2D eigenvalue weighted by atomic mass is 79.9. The number of phenolic OH excluding ortho intramolecular Hbond substituents is 1. The molecule has 5 N–H and O–H groups in total. The summed E-state index contributed by atoms with van der Waals surface area (Å²) >= 11 is 3.15. The lowest BCUT2D eigenvalue weighted by Gasteiger charge is -2.18. The van der Waals surface area contributed by atoms with Crippen LogP contribution in [0.25, 0.3) is 0 Å². The molecule has 1 rings (SSSR count). The molecule has 0 aliphatic carbocycles. The van der Waals surface area contributed by atoms with Crippen molar-refractivity contribution < 1.29 is 20.1 Å². The monoisotopic (exact) mass is 305 g/mol. The van der Waals surface area contributed by atoms with Crippen molar-refractivity contribution in [3.05, 3.63) is 22.2 Å². The minimum Gasteiger partial charge on any atom is -0.503 e. The van der Waals surface area contributed by atoms with E-state index < -0.39 is 12.2 Å². The van der Waals surface area contributed by atoms with Crippen LogP contribution < -0.4 is 10.5 Å². The number of aliphatic hydroxyl groups excluding tert-OH is 2. The van der Waals surface area contributed by atoms with Gasteiger partial charge in [0.2, 0.25) is 0 Å². The average molecular weight is 306 g/mol. The SMILES string of the molecule is CCOc1cc(C(O)C(O)CN)cc(Br)c1O. The van der Waals surface area contributed by atoms with Crippen LogP contribution in [0.1, 0.15) is 18.6 Å². The number of hydrogen-bond donors (Lipinski definition) is 4. The summed E-state index contributed by atoms with van der Waals surface area (Å²) < 4.78 is 5.61. The second-order valence-electron chi connectivity index (χ2n) is 3.53. The third-order valence-electron chi connectivity index (χ3n) is 2.30. The van der Waals surface area contributed by atoms with Crippen LogP contribution in [-0.2, 0) is 0 Å². The molecule has 2 atom stereocenters. The lowest BCUT2D eigenvalue weighted by atomic mass is 10.0. The standard InChI is InChI=1S/C11H16BrNO4/c1-2-17-9-4-6(3-7(12)11(9)16)10(15)8(14)5-13/h3-4,8,10,14-16H,2,5,13H2,1H3. The maximum atomic E-state index is 9.81. The molecule has 1 aromatic carbocycles. The second kappa shape index (κ2) is 6.20. The summed E-state index contributed by atoms with van der Waals surface area (Å²) in [6, 6.07) is 2.99. The number of halogens is 1. The van der Waals surface area contributed by atoms with Gasteiger partial charge in [-0.3, -0.25) is 0 Å². The zero-order valence-electron chi connectivity index (χ0n) is 9.43. The Morgan fingerprint density at radius 3 is 2.59 bits per heavy atom. The van der Waals surface area contributed by atoms with E-state index in [1.807, 2.05) is 0 Å². The Kier molecular flexibility index (Phi) is 5.20. The van der Waals surface area contributed by atoms with Crippen LogP contribution >= 0.6 is 15.9 Å². The lowest BCUT2D eigenvalue weighted by molar-refractivity contribution is 0.0241. The molecule has 17 heavy (non-hydrogen) atoms. The van der Waals surface area contributed by atoms with Crippen molar-refractivity contribution in [3.63, 3.8) is 0 Å². The fourth-order valence-corrected chi connectivity index (χ4v) is 1.84. The molecule has 0 aliphatic heterocycles. The molecule has 6 heteroatoms. The van der Waals surface area contributed by atoms with Gasteiger partial charge >= 0.3 is 0 Å². The Morgan fingerprint density at radius 1 is 1.41 bits per heavy atom. The molecule has 0 fully saturated rings. The van der Waals surface area contributed by atoms with Crippen molar-refractivity contribution in [1.82, 2.24) is 0 Å². The minimum atomic E-state index is -1.11. The van der Waals surface area contributed by atoms with Crippen molar-refractivity contribution in [2.45, 2.75) is 19.1 Å². The van der Waals surface area contributed by atoms with Gasteiger partial charge in [0.1, 0.15) is 6.10 Å². The average Bonchev–Trinajstić information content (AvgIpc) is 2.33. The smallest absolute Gasteiger partial charge is 0.172 e. The maximum absolute atomic E-state index is 9.81. The third kappa shape index (κ3) is 3.32. The molecule has 0 aromatic heterocycles. The normalized spacial score (nSPS) is 14.4. The van der Waals surface area contributed by atoms with Gasteiger partial charge in [-0.25, -0.2) is 0 Å². The number of aliphatic hydroxyl groups is 2. The number of nitrogens with two attached hydrogens (primary N) is 1. The quantitative estimate of drug-likeness (QED) is 0.648. The summed E-state index contributed by atoms with van der Waals surface area (Å²) in [7, 11) is 0. The molecule has 5 nitrogen and oxygen atoms in total. The van der Waals surface area contributed by atoms with Gasteiger partial charge in [0.15, 0.2) is 11.5 Å². The zero-order chi connectivity index (χ0) is 13.0. The highest BCUT2D eigenvalue weighted by Crippen LogP contribution is 2.37. The van der Waals surface area contributed by atoms with Crippen LogP contribution in [0.4, 0.5) is 0 Å². The van der Waals surface area contributed by atoms with E-state index >= 15 is 0 Å². The zero-order valence-corrected chi connectivity index (χ0v) is 11.0. The summed E-state index contributed by atoms with van der Waals surface area (Å²) in [4.78, 5) is 0. The van der Waals surface area contributed by atoms with Crippen LogP contribution in [0.3, 0.4) is 0 Å². The largest absolute Gasteiger partial charge is 0.503 e. The Morgan fingerprint density at radius 2 is 2.06 bits per heavy atom. The fourth-order valence-electron chi connectivity index (χ4n) is 1.38. The highest BCUT2D eigenvalue weighted by Gasteiger charge is 2.20. The first-order valence-corrected chi connectivity index (χ1v) is 6.02. The molecule has 0 saturated heterocycles. The van der Waals surface area contributed by atoms with Crippen LogP contribution in [-0.4, -0.2) is 34.6 Å². The molecule has 0 saturated carbocycles. The first-order chi connectivity index (χ1) is 8.01. The van der Waals surface area contributed by atoms with Gasteiger partial charge in [0.05, 0.1) is 17.2 Å². The van der Waals surface area contributed by atoms with Crippen LogP contribution in [0.5, 0.6) is 11.5 Å². The third-order valence-corrected chi connectivity index (χ3v) is 2.90. The molecule has 0 heterocycles. The predicted octanol–water partition coefficient (Wildman–Crippen LogP) is 0.906. The van der Waals surface area contributed by atoms with E-state index in [9.17, 15) is 15.3 Å². The Bertz CT molecular complexity index is 386. The number of ether oxygens (including phenoxy) is 1. The molecular weight excluding hydrogens is 290 g/mol. The minimum absolute atomic E-state index is 0.0370. The first-order valence-electron chi connectivity index (χ1n) is 5.22. The van der Waals surface area contributed by atoms with E-state index in [-0.39, 0.29) is 18.0 Å². The Labute approximate surface area is 108 Å². The maximum Gasteiger partial charge on any atom is 0.172 e. The van der Waals surface area contributed by atoms with Crippen molar-refractivity contribution in [1.29, 1.82) is 0 Å². The molecule has 1 aromatic rings. The van der Waals surface area contributed by atoms with E-state index in [1.54, 1.807) is 6.92 Å². The van der Waals surface area contributed by atoms with Gasteiger partial charge in [0.25, 0.3) is 0 Å². The van der Waals surface area contributed by atoms with Gasteiger partial charge in [-0.1, -0.05) is 0 Å². The van der Waals surface area contributed by atoms with Gasteiger partial charge in [-0.05, 0) is 40.5 Å². The van der Waals surface area contributed by atoms with Crippen molar-refractivity contribution in [2.75, 3.05) is 13.2 Å². The molecular formula is C11H16BrNO4. The molecule has 2 unspecified atom stereocenters. The van der Waals surface area contributed by atoms with Gasteiger partial charge in [0, 0.05) is 6.54 Å². The predicted molar refractivity (Wildman–Crippen MR) is 67.0 cm³/mol. The summed E-state index contributed by atoms with van der Waals surface area (Å²) in [5.41, 5.74) is 5.70. The number of benzene rings is 1. The molecule has 96 valence electrons. The topological polar surface area (TPSA) is 95.9 Å². The molecule has 0 aliphatic rings. The van der Waals surface area contributed by atoms with Crippen molar-refractivity contribution in [2.24, 2.45) is 5.73 Å². The number of hydrogen-bond acceptors (Lipinski definition) is 5. The first kappa shape index (κ1) is 14.2. The molecule has 0 bridgehead atoms. The number of phenols is 1. The summed E-state index contributed by atoms with van der Waals surface area (Å²) in [5, 5.41) is 29.0. The molecule has 0 spiro atoms. The van der Waals surface area contributed by atoms with Crippen LogP contribution in [0.15, 0.2) is 16.6 Å². The number of aromatic hydroxyl groups is 1. The summed E-state index contributed by atoms with van der Waals surface area (Å²) in [6.45, 7) is 2.12. The van der Waals surface area contributed by atoms with E-state index in [2.05, 4.69) is 15.9 Å². The van der Waals surface area contributed by atoms with Crippen LogP contribution in [0, 0.1) is 0 Å². The Balaban J connectivity index is 3.09. The van der Waals surface area contributed by atoms with Gasteiger partial charge in [-0.2, -0.15) is 0 Å².